The van der Waals surface area contributed by atoms with Crippen LogP contribution < -0.4 is 10.9 Å². The number of hydrogen-bond donors (Lipinski definition) is 2. The summed E-state index contributed by atoms with van der Waals surface area (Å²) < 4.78 is 19.8. The highest BCUT2D eigenvalue weighted by atomic mass is 35.5. The fourth-order valence-electron chi connectivity index (χ4n) is 4.17. The molecule has 1 aliphatic heterocycles. The van der Waals surface area contributed by atoms with Crippen LogP contribution in [0, 0.1) is 5.82 Å². The van der Waals surface area contributed by atoms with Crippen molar-refractivity contribution in [1.82, 2.24) is 15.5 Å². The van der Waals surface area contributed by atoms with Crippen molar-refractivity contribution in [2.45, 2.75) is 19.8 Å². The standard InChI is InChI=1S/C26H20ClFN4O3/c1-2-35-26(34)30-24-13-19-20(27)11-15(12-22(19)29-24)18-9-14(7-8-21(18)28)10-23-16-5-3-4-6-17(16)25(33)32-31-23/h3-9,11-12H,2,10,13H2,1H3,(H,32,33)(H,29,30,34). The Bertz CT molecular complexity index is 1560. The van der Waals surface area contributed by atoms with Crippen molar-refractivity contribution in [1.29, 1.82) is 0 Å². The normalized spacial score (nSPS) is 12.4. The molecular weight excluding hydrogens is 471 g/mol. The van der Waals surface area contributed by atoms with E-state index in [9.17, 15) is 14.0 Å². The molecule has 0 radical (unpaired) electrons. The Morgan fingerprint density at radius 2 is 1.97 bits per heavy atom. The number of benzene rings is 3. The molecule has 176 valence electrons. The number of aliphatic imine (C=N–C) groups is 1. The highest BCUT2D eigenvalue weighted by Crippen LogP contribution is 2.38. The maximum Gasteiger partial charge on any atom is 0.412 e. The van der Waals surface area contributed by atoms with Crippen LogP contribution in [0.3, 0.4) is 0 Å². The van der Waals surface area contributed by atoms with E-state index in [2.05, 4.69) is 20.5 Å². The number of amides is 1. The molecule has 2 heterocycles. The van der Waals surface area contributed by atoms with Crippen molar-refractivity contribution in [3.63, 3.8) is 0 Å². The van der Waals surface area contributed by atoms with Gasteiger partial charge in [0.05, 0.1) is 23.4 Å². The van der Waals surface area contributed by atoms with Crippen LogP contribution in [0.4, 0.5) is 14.9 Å². The van der Waals surface area contributed by atoms with Crippen molar-refractivity contribution in [3.8, 4) is 11.1 Å². The third kappa shape index (κ3) is 4.52. The molecule has 2 N–H and O–H groups in total. The number of ether oxygens (including phenoxy) is 1. The summed E-state index contributed by atoms with van der Waals surface area (Å²) >= 11 is 6.51. The highest BCUT2D eigenvalue weighted by Gasteiger charge is 2.22. The third-order valence-corrected chi connectivity index (χ3v) is 6.12. The van der Waals surface area contributed by atoms with Crippen molar-refractivity contribution in [2.75, 3.05) is 6.61 Å². The number of rotatable bonds is 4. The average molecular weight is 491 g/mol. The lowest BCUT2D eigenvalue weighted by Gasteiger charge is -2.11. The van der Waals surface area contributed by atoms with Gasteiger partial charge in [0.15, 0.2) is 0 Å². The van der Waals surface area contributed by atoms with Gasteiger partial charge in [-0.25, -0.2) is 19.3 Å². The van der Waals surface area contributed by atoms with Crippen LogP contribution >= 0.6 is 11.6 Å². The number of nitrogens with one attached hydrogen (secondary N) is 2. The van der Waals surface area contributed by atoms with Crippen LogP contribution in [0.5, 0.6) is 0 Å². The van der Waals surface area contributed by atoms with Gasteiger partial charge >= 0.3 is 6.09 Å². The number of halogens is 2. The van der Waals surface area contributed by atoms with Crippen molar-refractivity contribution in [3.05, 3.63) is 92.6 Å². The molecule has 35 heavy (non-hydrogen) atoms. The van der Waals surface area contributed by atoms with Gasteiger partial charge in [-0.2, -0.15) is 5.10 Å². The predicted octanol–water partition coefficient (Wildman–Crippen LogP) is 5.31. The Morgan fingerprint density at radius 1 is 1.17 bits per heavy atom. The fourth-order valence-corrected chi connectivity index (χ4v) is 4.45. The molecule has 9 heteroatoms. The van der Waals surface area contributed by atoms with Gasteiger partial charge < -0.3 is 4.74 Å². The first-order chi connectivity index (χ1) is 16.9. The Balaban J connectivity index is 1.48. The van der Waals surface area contributed by atoms with Gasteiger partial charge in [0.1, 0.15) is 11.7 Å². The smallest absolute Gasteiger partial charge is 0.412 e. The van der Waals surface area contributed by atoms with Crippen LogP contribution in [0.1, 0.15) is 23.7 Å². The third-order valence-electron chi connectivity index (χ3n) is 5.78. The number of fused-ring (bicyclic) bond motifs is 2. The van der Waals surface area contributed by atoms with Crippen molar-refractivity contribution >= 4 is 40.0 Å². The summed E-state index contributed by atoms with van der Waals surface area (Å²) in [5.41, 5.74) is 3.49. The van der Waals surface area contributed by atoms with E-state index < -0.39 is 11.9 Å². The predicted molar refractivity (Wildman–Crippen MR) is 133 cm³/mol. The highest BCUT2D eigenvalue weighted by molar-refractivity contribution is 6.32. The number of nitrogens with zero attached hydrogens (tertiary/aromatic N) is 2. The van der Waals surface area contributed by atoms with Gasteiger partial charge in [-0.1, -0.05) is 35.9 Å². The van der Waals surface area contributed by atoms with E-state index in [0.717, 1.165) is 16.5 Å². The van der Waals surface area contributed by atoms with Gasteiger partial charge in [0, 0.05) is 34.4 Å². The van der Waals surface area contributed by atoms with Gasteiger partial charge in [0.2, 0.25) is 0 Å². The molecule has 1 aromatic heterocycles. The zero-order valence-corrected chi connectivity index (χ0v) is 19.4. The molecule has 0 unspecified atom stereocenters. The van der Waals surface area contributed by atoms with Crippen LogP contribution in [0.2, 0.25) is 5.02 Å². The molecule has 5 rings (SSSR count). The van der Waals surface area contributed by atoms with E-state index in [1.165, 1.54) is 6.07 Å². The summed E-state index contributed by atoms with van der Waals surface area (Å²) in [7, 11) is 0. The number of amidine groups is 1. The SMILES string of the molecule is CCOC(=O)NC1=Nc2cc(-c3cc(Cc4n[nH]c(=O)c5ccccc45)ccc3F)cc(Cl)c2C1. The first-order valence-electron chi connectivity index (χ1n) is 11.0. The topological polar surface area (TPSA) is 96.4 Å². The molecule has 0 fully saturated rings. The molecule has 0 saturated heterocycles. The van der Waals surface area contributed by atoms with Gasteiger partial charge in [-0.05, 0) is 48.4 Å². The summed E-state index contributed by atoms with van der Waals surface area (Å²) in [6.07, 6.45) is 0.160. The molecule has 1 aliphatic rings. The second-order valence-corrected chi connectivity index (χ2v) is 8.48. The van der Waals surface area contributed by atoms with E-state index in [0.29, 0.717) is 51.6 Å². The largest absolute Gasteiger partial charge is 0.450 e. The molecular formula is C26H20ClFN4O3. The Hall–Kier alpha value is -4.04. The maximum absolute atomic E-state index is 14.9. The van der Waals surface area contributed by atoms with E-state index >= 15 is 0 Å². The number of H-pyrrole nitrogens is 1. The monoisotopic (exact) mass is 490 g/mol. The van der Waals surface area contributed by atoms with Crippen LogP contribution in [-0.4, -0.2) is 28.7 Å². The summed E-state index contributed by atoms with van der Waals surface area (Å²) in [4.78, 5) is 28.3. The number of carbonyl (C=O) groups excluding carboxylic acids is 1. The number of alkyl carbamates (subject to hydrolysis) is 1. The summed E-state index contributed by atoms with van der Waals surface area (Å²) in [6, 6.07) is 15.5. The summed E-state index contributed by atoms with van der Waals surface area (Å²) in [5, 5.41) is 11.1. The van der Waals surface area contributed by atoms with Crippen LogP contribution in [0.25, 0.3) is 21.9 Å². The van der Waals surface area contributed by atoms with Crippen molar-refractivity contribution in [2.24, 2.45) is 4.99 Å². The van der Waals surface area contributed by atoms with Gasteiger partial charge in [-0.3, -0.25) is 10.1 Å². The Kier molecular flexibility index (Phi) is 6.05. The zero-order valence-electron chi connectivity index (χ0n) is 18.7. The zero-order chi connectivity index (χ0) is 24.5. The molecule has 0 atom stereocenters. The van der Waals surface area contributed by atoms with Crippen molar-refractivity contribution < 1.29 is 13.9 Å². The van der Waals surface area contributed by atoms with E-state index in [4.69, 9.17) is 16.3 Å². The first-order valence-corrected chi connectivity index (χ1v) is 11.4. The lowest BCUT2D eigenvalue weighted by Crippen LogP contribution is -2.31. The second-order valence-electron chi connectivity index (χ2n) is 8.07. The minimum Gasteiger partial charge on any atom is -0.450 e. The number of carbonyl (C=O) groups is 1. The van der Waals surface area contributed by atoms with Crippen LogP contribution in [0.15, 0.2) is 64.4 Å². The van der Waals surface area contributed by atoms with Gasteiger partial charge in [-0.15, -0.1) is 0 Å². The molecule has 1 amide bonds. The first kappa shape index (κ1) is 22.7. The van der Waals surface area contributed by atoms with Gasteiger partial charge in [0.25, 0.3) is 5.56 Å². The molecule has 7 nitrogen and oxygen atoms in total. The molecule has 0 bridgehead atoms. The number of aromatic amines is 1. The minimum atomic E-state index is -0.586. The Labute approximate surface area is 204 Å². The lowest BCUT2D eigenvalue weighted by atomic mass is 9.97. The van der Waals surface area contributed by atoms with E-state index in [1.807, 2.05) is 12.1 Å². The molecule has 0 aliphatic carbocycles. The Morgan fingerprint density at radius 3 is 2.77 bits per heavy atom. The fraction of sp³-hybridized carbons (Fsp3) is 0.154. The number of aromatic nitrogens is 2. The minimum absolute atomic E-state index is 0.247. The molecule has 0 saturated carbocycles. The molecule has 0 spiro atoms. The summed E-state index contributed by atoms with van der Waals surface area (Å²) in [5.74, 6) is 0.0126. The quantitative estimate of drug-likeness (QED) is 0.405. The second kappa shape index (κ2) is 9.31. The maximum atomic E-state index is 14.9. The number of hydrogen-bond acceptors (Lipinski definition) is 5. The van der Waals surface area contributed by atoms with E-state index in [1.54, 1.807) is 43.3 Å². The molecule has 3 aromatic carbocycles. The molecule has 4 aromatic rings. The van der Waals surface area contributed by atoms with E-state index in [-0.39, 0.29) is 12.2 Å². The average Bonchev–Trinajstić information content (AvgIpc) is 3.25. The summed E-state index contributed by atoms with van der Waals surface area (Å²) in [6.45, 7) is 1.96. The lowest BCUT2D eigenvalue weighted by molar-refractivity contribution is 0.157. The van der Waals surface area contributed by atoms with Crippen LogP contribution in [-0.2, 0) is 17.6 Å².